The summed E-state index contributed by atoms with van der Waals surface area (Å²) in [6.45, 7) is 6.21. The molecule has 1 heterocycles. The lowest BCUT2D eigenvalue weighted by molar-refractivity contribution is 0.723. The second-order valence-corrected chi connectivity index (χ2v) is 4.99. The summed E-state index contributed by atoms with van der Waals surface area (Å²) in [7, 11) is 0. The number of rotatable bonds is 4. The number of hydrogen-bond donors (Lipinski definition) is 1. The third-order valence-electron chi connectivity index (χ3n) is 3.62. The van der Waals surface area contributed by atoms with E-state index in [1.54, 1.807) is 0 Å². The van der Waals surface area contributed by atoms with Crippen molar-refractivity contribution in [2.45, 2.75) is 20.4 Å². The van der Waals surface area contributed by atoms with E-state index in [4.69, 9.17) is 0 Å². The van der Waals surface area contributed by atoms with Crippen LogP contribution in [0.5, 0.6) is 0 Å². The first kappa shape index (κ1) is 12.9. The van der Waals surface area contributed by atoms with Gasteiger partial charge in [0, 0.05) is 12.2 Å². The van der Waals surface area contributed by atoms with Gasteiger partial charge in [0.15, 0.2) is 0 Å². The first-order chi connectivity index (χ1) is 9.79. The van der Waals surface area contributed by atoms with Gasteiger partial charge in [-0.3, -0.25) is 4.57 Å². The van der Waals surface area contributed by atoms with Crippen LogP contribution in [0.15, 0.2) is 48.8 Å². The van der Waals surface area contributed by atoms with Gasteiger partial charge in [-0.1, -0.05) is 25.1 Å². The summed E-state index contributed by atoms with van der Waals surface area (Å²) in [5.41, 5.74) is 5.99. The predicted molar refractivity (Wildman–Crippen MR) is 83.2 cm³/mol. The van der Waals surface area contributed by atoms with Crippen molar-refractivity contribution >= 4 is 11.0 Å². The van der Waals surface area contributed by atoms with E-state index in [-0.39, 0.29) is 0 Å². The minimum absolute atomic E-state index is 0.924. The Bertz CT molecular complexity index is 728. The number of fused-ring (bicyclic) bond motifs is 1. The van der Waals surface area contributed by atoms with Crippen LogP contribution in [0, 0.1) is 6.92 Å². The normalized spacial score (nSPS) is 11.1. The van der Waals surface area contributed by atoms with E-state index in [0.717, 1.165) is 29.8 Å². The Balaban J connectivity index is 2.00. The van der Waals surface area contributed by atoms with Crippen molar-refractivity contribution in [2.24, 2.45) is 0 Å². The SMILES string of the molecule is CCNCc1ccc(-n2cnc3ccccc32)cc1C. The number of nitrogens with one attached hydrogen (secondary N) is 1. The smallest absolute Gasteiger partial charge is 0.100 e. The number of benzene rings is 2. The van der Waals surface area contributed by atoms with Crippen LogP contribution in [0.2, 0.25) is 0 Å². The van der Waals surface area contributed by atoms with Gasteiger partial charge in [-0.15, -0.1) is 0 Å². The van der Waals surface area contributed by atoms with Gasteiger partial charge in [-0.2, -0.15) is 0 Å². The van der Waals surface area contributed by atoms with Crippen LogP contribution in [0.25, 0.3) is 16.7 Å². The van der Waals surface area contributed by atoms with Crippen LogP contribution < -0.4 is 5.32 Å². The molecule has 0 amide bonds. The molecule has 0 unspecified atom stereocenters. The average Bonchev–Trinajstić information content (AvgIpc) is 2.90. The standard InChI is InChI=1S/C17H19N3/c1-3-18-11-14-8-9-15(10-13(14)2)20-12-19-16-6-4-5-7-17(16)20/h4-10,12,18H,3,11H2,1-2H3. The fourth-order valence-electron chi connectivity index (χ4n) is 2.45. The number of aryl methyl sites for hydroxylation is 1. The molecule has 20 heavy (non-hydrogen) atoms. The first-order valence-corrected chi connectivity index (χ1v) is 7.02. The summed E-state index contributed by atoms with van der Waals surface area (Å²) in [6.07, 6.45) is 1.89. The van der Waals surface area contributed by atoms with Crippen molar-refractivity contribution in [3.8, 4) is 5.69 Å². The Kier molecular flexibility index (Phi) is 3.52. The summed E-state index contributed by atoms with van der Waals surface area (Å²) < 4.78 is 2.14. The third kappa shape index (κ3) is 2.32. The zero-order chi connectivity index (χ0) is 13.9. The molecule has 0 saturated heterocycles. The van der Waals surface area contributed by atoms with Gasteiger partial charge in [0.2, 0.25) is 0 Å². The van der Waals surface area contributed by atoms with E-state index in [1.165, 1.54) is 11.1 Å². The number of aromatic nitrogens is 2. The highest BCUT2D eigenvalue weighted by Gasteiger charge is 2.05. The second kappa shape index (κ2) is 5.47. The zero-order valence-electron chi connectivity index (χ0n) is 11.9. The average molecular weight is 265 g/mol. The molecule has 0 saturated carbocycles. The molecular weight excluding hydrogens is 246 g/mol. The topological polar surface area (TPSA) is 29.9 Å². The molecular formula is C17H19N3. The minimum atomic E-state index is 0.924. The van der Waals surface area contributed by atoms with Crippen LogP contribution in [-0.2, 0) is 6.54 Å². The zero-order valence-corrected chi connectivity index (χ0v) is 11.9. The van der Waals surface area contributed by atoms with E-state index < -0.39 is 0 Å². The van der Waals surface area contributed by atoms with Gasteiger partial charge < -0.3 is 5.32 Å². The Morgan fingerprint density at radius 1 is 1.15 bits per heavy atom. The van der Waals surface area contributed by atoms with E-state index in [9.17, 15) is 0 Å². The van der Waals surface area contributed by atoms with Crippen LogP contribution in [0.4, 0.5) is 0 Å². The number of imidazole rings is 1. The van der Waals surface area contributed by atoms with Crippen molar-refractivity contribution in [1.29, 1.82) is 0 Å². The summed E-state index contributed by atoms with van der Waals surface area (Å²) in [6, 6.07) is 14.8. The quantitative estimate of drug-likeness (QED) is 0.783. The monoisotopic (exact) mass is 265 g/mol. The summed E-state index contributed by atoms with van der Waals surface area (Å²) in [5.74, 6) is 0. The summed E-state index contributed by atoms with van der Waals surface area (Å²) in [4.78, 5) is 4.45. The van der Waals surface area contributed by atoms with E-state index in [2.05, 4.69) is 53.0 Å². The molecule has 0 atom stereocenters. The van der Waals surface area contributed by atoms with Crippen molar-refractivity contribution in [3.05, 3.63) is 59.9 Å². The Morgan fingerprint density at radius 2 is 2.00 bits per heavy atom. The fraction of sp³-hybridized carbons (Fsp3) is 0.235. The van der Waals surface area contributed by atoms with Crippen LogP contribution in [0.3, 0.4) is 0 Å². The van der Waals surface area contributed by atoms with Gasteiger partial charge in [-0.05, 0) is 48.9 Å². The summed E-state index contributed by atoms with van der Waals surface area (Å²) >= 11 is 0. The molecule has 0 spiro atoms. The number of para-hydroxylation sites is 2. The van der Waals surface area contributed by atoms with Gasteiger partial charge in [0.1, 0.15) is 6.33 Å². The lowest BCUT2D eigenvalue weighted by atomic mass is 10.1. The van der Waals surface area contributed by atoms with E-state index in [1.807, 2.05) is 24.5 Å². The highest BCUT2D eigenvalue weighted by molar-refractivity contribution is 5.77. The molecule has 1 aromatic heterocycles. The third-order valence-corrected chi connectivity index (χ3v) is 3.62. The Labute approximate surface area is 119 Å². The van der Waals surface area contributed by atoms with Gasteiger partial charge in [-0.25, -0.2) is 4.98 Å². The molecule has 0 bridgehead atoms. The minimum Gasteiger partial charge on any atom is -0.313 e. The molecule has 3 nitrogen and oxygen atoms in total. The molecule has 102 valence electrons. The van der Waals surface area contributed by atoms with Gasteiger partial charge in [0.25, 0.3) is 0 Å². The number of hydrogen-bond acceptors (Lipinski definition) is 2. The van der Waals surface area contributed by atoms with Crippen molar-refractivity contribution in [3.63, 3.8) is 0 Å². The van der Waals surface area contributed by atoms with Gasteiger partial charge in [0.05, 0.1) is 11.0 Å². The van der Waals surface area contributed by atoms with Crippen molar-refractivity contribution in [2.75, 3.05) is 6.54 Å². The largest absolute Gasteiger partial charge is 0.313 e. The van der Waals surface area contributed by atoms with Crippen LogP contribution in [-0.4, -0.2) is 16.1 Å². The second-order valence-electron chi connectivity index (χ2n) is 4.99. The number of nitrogens with zero attached hydrogens (tertiary/aromatic N) is 2. The highest BCUT2D eigenvalue weighted by atomic mass is 15.0. The van der Waals surface area contributed by atoms with E-state index >= 15 is 0 Å². The lowest BCUT2D eigenvalue weighted by Crippen LogP contribution is -2.12. The van der Waals surface area contributed by atoms with Crippen LogP contribution >= 0.6 is 0 Å². The molecule has 3 rings (SSSR count). The Morgan fingerprint density at radius 3 is 2.80 bits per heavy atom. The van der Waals surface area contributed by atoms with Gasteiger partial charge >= 0.3 is 0 Å². The van der Waals surface area contributed by atoms with Crippen molar-refractivity contribution < 1.29 is 0 Å². The molecule has 0 fully saturated rings. The molecule has 3 heteroatoms. The van der Waals surface area contributed by atoms with Crippen LogP contribution in [0.1, 0.15) is 18.1 Å². The maximum absolute atomic E-state index is 4.45. The molecule has 0 aliphatic rings. The predicted octanol–water partition coefficient (Wildman–Crippen LogP) is 3.44. The maximum atomic E-state index is 4.45. The molecule has 0 radical (unpaired) electrons. The Hall–Kier alpha value is -2.13. The molecule has 2 aromatic carbocycles. The van der Waals surface area contributed by atoms with E-state index in [0.29, 0.717) is 0 Å². The first-order valence-electron chi connectivity index (χ1n) is 7.02. The summed E-state index contributed by atoms with van der Waals surface area (Å²) in [5, 5.41) is 3.37. The van der Waals surface area contributed by atoms with Crippen molar-refractivity contribution in [1.82, 2.24) is 14.9 Å². The lowest BCUT2D eigenvalue weighted by Gasteiger charge is -2.10. The highest BCUT2D eigenvalue weighted by Crippen LogP contribution is 2.20. The fourth-order valence-corrected chi connectivity index (χ4v) is 2.45. The molecule has 0 aliphatic carbocycles. The maximum Gasteiger partial charge on any atom is 0.100 e. The molecule has 0 aliphatic heterocycles. The molecule has 1 N–H and O–H groups in total. The molecule has 3 aromatic rings.